The van der Waals surface area contributed by atoms with Crippen LogP contribution in [0.2, 0.25) is 0 Å². The molecule has 1 aromatic carbocycles. The van der Waals surface area contributed by atoms with Gasteiger partial charge in [0.2, 0.25) is 0 Å². The van der Waals surface area contributed by atoms with Gasteiger partial charge < -0.3 is 13.9 Å². The molecule has 2 heterocycles. The van der Waals surface area contributed by atoms with E-state index in [0.717, 1.165) is 35.0 Å². The van der Waals surface area contributed by atoms with E-state index in [1.807, 2.05) is 18.2 Å². The van der Waals surface area contributed by atoms with E-state index in [4.69, 9.17) is 18.9 Å². The predicted molar refractivity (Wildman–Crippen MR) is 88.9 cm³/mol. The van der Waals surface area contributed by atoms with Crippen molar-refractivity contribution in [3.63, 3.8) is 0 Å². The highest BCUT2D eigenvalue weighted by molar-refractivity contribution is 6.13. The monoisotopic (exact) mass is 311 g/mol. The average Bonchev–Trinajstić information content (AvgIpc) is 3.14. The van der Waals surface area contributed by atoms with Gasteiger partial charge in [-0.15, -0.1) is 0 Å². The Morgan fingerprint density at radius 3 is 2.61 bits per heavy atom. The molecule has 1 aliphatic heterocycles. The van der Waals surface area contributed by atoms with Gasteiger partial charge in [-0.05, 0) is 42.7 Å². The van der Waals surface area contributed by atoms with Gasteiger partial charge in [0.25, 0.3) is 0 Å². The molecular weight excluding hydrogens is 290 g/mol. The fourth-order valence-electron chi connectivity index (χ4n) is 3.88. The van der Waals surface area contributed by atoms with Crippen molar-refractivity contribution in [2.24, 2.45) is 4.99 Å². The van der Waals surface area contributed by atoms with Crippen LogP contribution >= 0.6 is 0 Å². The van der Waals surface area contributed by atoms with E-state index >= 15 is 0 Å². The minimum atomic E-state index is 0.342. The summed E-state index contributed by atoms with van der Waals surface area (Å²) in [4.78, 5) is 5.05. The summed E-state index contributed by atoms with van der Waals surface area (Å²) in [5, 5.41) is 0. The molecule has 0 radical (unpaired) electrons. The second-order valence-electron chi connectivity index (χ2n) is 6.21. The van der Waals surface area contributed by atoms with E-state index in [1.54, 1.807) is 20.5 Å². The SMILES string of the molecule is COc1cc2c(cc1OC)[C@H]1CCCC[C@H]1N=C2c1ccco1. The zero-order valence-corrected chi connectivity index (χ0v) is 13.5. The lowest BCUT2D eigenvalue weighted by atomic mass is 9.75. The largest absolute Gasteiger partial charge is 0.493 e. The minimum Gasteiger partial charge on any atom is -0.493 e. The molecule has 120 valence electrons. The van der Waals surface area contributed by atoms with Gasteiger partial charge in [0.1, 0.15) is 5.71 Å². The number of fused-ring (bicyclic) bond motifs is 3. The molecule has 0 saturated heterocycles. The van der Waals surface area contributed by atoms with Crippen molar-refractivity contribution < 1.29 is 13.9 Å². The van der Waals surface area contributed by atoms with Crippen LogP contribution in [0.4, 0.5) is 0 Å². The highest BCUT2D eigenvalue weighted by atomic mass is 16.5. The van der Waals surface area contributed by atoms with Gasteiger partial charge in [0, 0.05) is 11.5 Å². The number of nitrogens with zero attached hydrogens (tertiary/aromatic N) is 1. The summed E-state index contributed by atoms with van der Waals surface area (Å²) in [5.41, 5.74) is 3.36. The van der Waals surface area contributed by atoms with Gasteiger partial charge in [-0.25, -0.2) is 0 Å². The van der Waals surface area contributed by atoms with Crippen LogP contribution in [0.3, 0.4) is 0 Å². The van der Waals surface area contributed by atoms with Gasteiger partial charge >= 0.3 is 0 Å². The lowest BCUT2D eigenvalue weighted by Crippen LogP contribution is -2.29. The van der Waals surface area contributed by atoms with E-state index < -0.39 is 0 Å². The highest BCUT2D eigenvalue weighted by Gasteiger charge is 2.35. The quantitative estimate of drug-likeness (QED) is 0.854. The average molecular weight is 311 g/mol. The number of hydrogen-bond acceptors (Lipinski definition) is 4. The molecule has 0 unspecified atom stereocenters. The first-order valence-electron chi connectivity index (χ1n) is 8.19. The standard InChI is InChI=1S/C19H21NO3/c1-21-17-10-13-12-6-3-4-7-15(12)20-19(16-8-5-9-23-16)14(13)11-18(17)22-2/h5,8-12,15H,3-4,6-7H2,1-2H3/t12-,15-/m1/s1. The van der Waals surface area contributed by atoms with Crippen LogP contribution in [0, 0.1) is 0 Å². The summed E-state index contributed by atoms with van der Waals surface area (Å²) in [6, 6.07) is 8.40. The van der Waals surface area contributed by atoms with Gasteiger partial charge in [0.15, 0.2) is 17.3 Å². The van der Waals surface area contributed by atoms with Crippen molar-refractivity contribution in [1.29, 1.82) is 0 Å². The topological polar surface area (TPSA) is 44.0 Å². The van der Waals surface area contributed by atoms with Gasteiger partial charge in [-0.1, -0.05) is 12.8 Å². The molecule has 0 spiro atoms. The number of hydrogen-bond donors (Lipinski definition) is 0. The van der Waals surface area contributed by atoms with Crippen molar-refractivity contribution in [3.05, 3.63) is 47.4 Å². The molecule has 1 fully saturated rings. The summed E-state index contributed by atoms with van der Waals surface area (Å²) in [7, 11) is 3.35. The first kappa shape index (κ1) is 14.4. The molecule has 2 aromatic rings. The third kappa shape index (κ3) is 2.33. The van der Waals surface area contributed by atoms with E-state index in [0.29, 0.717) is 12.0 Å². The Morgan fingerprint density at radius 1 is 1.09 bits per heavy atom. The number of rotatable bonds is 3. The van der Waals surface area contributed by atoms with Crippen LogP contribution in [-0.2, 0) is 0 Å². The number of ether oxygens (including phenoxy) is 2. The Hall–Kier alpha value is -2.23. The summed E-state index contributed by atoms with van der Waals surface area (Å²) in [5.74, 6) is 2.82. The molecule has 4 heteroatoms. The highest BCUT2D eigenvalue weighted by Crippen LogP contribution is 2.44. The Kier molecular flexibility index (Phi) is 3.60. The van der Waals surface area contributed by atoms with E-state index in [1.165, 1.54) is 24.8 Å². The van der Waals surface area contributed by atoms with E-state index in [9.17, 15) is 0 Å². The Labute approximate surface area is 136 Å². The van der Waals surface area contributed by atoms with Crippen LogP contribution in [0.5, 0.6) is 11.5 Å². The maximum atomic E-state index is 5.64. The van der Waals surface area contributed by atoms with Crippen LogP contribution in [0.25, 0.3) is 0 Å². The molecule has 2 aliphatic rings. The van der Waals surface area contributed by atoms with Crippen molar-refractivity contribution in [2.45, 2.75) is 37.6 Å². The van der Waals surface area contributed by atoms with Crippen molar-refractivity contribution in [1.82, 2.24) is 0 Å². The zero-order chi connectivity index (χ0) is 15.8. The predicted octanol–water partition coefficient (Wildman–Crippen LogP) is 4.17. The smallest absolute Gasteiger partial charge is 0.161 e. The van der Waals surface area contributed by atoms with Gasteiger partial charge in [-0.2, -0.15) is 0 Å². The Bertz CT molecular complexity index is 733. The Morgan fingerprint density at radius 2 is 1.87 bits per heavy atom. The minimum absolute atomic E-state index is 0.342. The van der Waals surface area contributed by atoms with E-state index in [-0.39, 0.29) is 0 Å². The Balaban J connectivity index is 1.91. The first-order chi connectivity index (χ1) is 11.3. The molecule has 4 rings (SSSR count). The number of aliphatic imine (C=N–C) groups is 1. The van der Waals surface area contributed by atoms with Crippen molar-refractivity contribution in [2.75, 3.05) is 14.2 Å². The second-order valence-corrected chi connectivity index (χ2v) is 6.21. The van der Waals surface area contributed by atoms with Crippen LogP contribution < -0.4 is 9.47 Å². The molecule has 4 nitrogen and oxygen atoms in total. The van der Waals surface area contributed by atoms with Crippen molar-refractivity contribution >= 4 is 5.71 Å². The summed E-state index contributed by atoms with van der Waals surface area (Å²) >= 11 is 0. The zero-order valence-electron chi connectivity index (χ0n) is 13.5. The third-order valence-corrected chi connectivity index (χ3v) is 4.99. The van der Waals surface area contributed by atoms with Gasteiger partial charge in [-0.3, -0.25) is 4.99 Å². The van der Waals surface area contributed by atoms with Gasteiger partial charge in [0.05, 0.1) is 26.5 Å². The first-order valence-corrected chi connectivity index (χ1v) is 8.19. The number of methoxy groups -OCH3 is 2. The molecule has 1 aliphatic carbocycles. The van der Waals surface area contributed by atoms with Crippen LogP contribution in [0.15, 0.2) is 39.9 Å². The second kappa shape index (κ2) is 5.76. The maximum Gasteiger partial charge on any atom is 0.161 e. The fraction of sp³-hybridized carbons (Fsp3) is 0.421. The van der Waals surface area contributed by atoms with Crippen molar-refractivity contribution in [3.8, 4) is 11.5 Å². The lowest BCUT2D eigenvalue weighted by Gasteiger charge is -2.35. The molecule has 0 bridgehead atoms. The fourth-order valence-corrected chi connectivity index (χ4v) is 3.88. The summed E-state index contributed by atoms with van der Waals surface area (Å²) < 4.78 is 16.6. The molecule has 0 N–H and O–H groups in total. The molecular formula is C19H21NO3. The van der Waals surface area contributed by atoms with E-state index in [2.05, 4.69) is 6.07 Å². The third-order valence-electron chi connectivity index (χ3n) is 4.99. The molecule has 0 amide bonds. The molecule has 2 atom stereocenters. The van der Waals surface area contributed by atoms with Crippen LogP contribution in [-0.4, -0.2) is 26.0 Å². The molecule has 1 saturated carbocycles. The molecule has 23 heavy (non-hydrogen) atoms. The molecule has 1 aromatic heterocycles. The van der Waals surface area contributed by atoms with Crippen LogP contribution in [0.1, 0.15) is 48.5 Å². The maximum absolute atomic E-state index is 5.64. The summed E-state index contributed by atoms with van der Waals surface area (Å²) in [6.45, 7) is 0. The number of benzene rings is 1. The normalized spacial score (nSPS) is 22.8. The number of furan rings is 1. The summed E-state index contributed by atoms with van der Waals surface area (Å²) in [6.07, 6.45) is 6.54. The lowest BCUT2D eigenvalue weighted by molar-refractivity contribution is 0.349.